The Balaban J connectivity index is 2.29. The lowest BCUT2D eigenvalue weighted by atomic mass is 9.86. The van der Waals surface area contributed by atoms with E-state index in [4.69, 9.17) is 5.73 Å². The first kappa shape index (κ1) is 18.0. The molecule has 1 aromatic heterocycles. The molecule has 26 heavy (non-hydrogen) atoms. The van der Waals surface area contributed by atoms with Crippen molar-refractivity contribution in [2.45, 2.75) is 19.8 Å². The Labute approximate surface area is 155 Å². The Kier molecular flexibility index (Phi) is 5.55. The molecule has 132 valence electrons. The molecule has 3 rings (SSSR count). The van der Waals surface area contributed by atoms with E-state index in [1.54, 1.807) is 6.08 Å². The molecule has 0 aliphatic heterocycles. The van der Waals surface area contributed by atoms with Crippen LogP contribution >= 0.6 is 0 Å². The van der Waals surface area contributed by atoms with E-state index in [0.717, 1.165) is 11.2 Å². The number of hydrogen-bond donors (Lipinski definition) is 2. The molecule has 0 saturated heterocycles. The SMILES string of the molecule is C=C/C=C\C(=C/C)C(CN)c1c(-c2ccccc2)[nH]c2ccc(C)cc12. The number of fused-ring (bicyclic) bond motifs is 1. The van der Waals surface area contributed by atoms with E-state index in [1.807, 2.05) is 12.1 Å². The summed E-state index contributed by atoms with van der Waals surface area (Å²) in [5.74, 6) is 0.113. The molecule has 0 amide bonds. The van der Waals surface area contributed by atoms with Crippen LogP contribution in [-0.2, 0) is 0 Å². The molecule has 0 bridgehead atoms. The Hall–Kier alpha value is -2.84. The van der Waals surface area contributed by atoms with Gasteiger partial charge in [-0.1, -0.05) is 72.8 Å². The molecular weight excluding hydrogens is 316 g/mol. The van der Waals surface area contributed by atoms with Gasteiger partial charge < -0.3 is 10.7 Å². The third-order valence-electron chi connectivity index (χ3n) is 4.80. The zero-order valence-corrected chi connectivity index (χ0v) is 15.5. The number of nitrogens with one attached hydrogen (secondary N) is 1. The number of benzene rings is 2. The average molecular weight is 342 g/mol. The zero-order chi connectivity index (χ0) is 18.5. The van der Waals surface area contributed by atoms with Crippen LogP contribution in [0.3, 0.4) is 0 Å². The monoisotopic (exact) mass is 342 g/mol. The second kappa shape index (κ2) is 8.03. The topological polar surface area (TPSA) is 41.8 Å². The molecule has 0 saturated carbocycles. The number of aromatic nitrogens is 1. The van der Waals surface area contributed by atoms with E-state index in [2.05, 4.69) is 80.0 Å². The number of hydrogen-bond acceptors (Lipinski definition) is 1. The summed E-state index contributed by atoms with van der Waals surface area (Å²) in [6, 6.07) is 17.0. The average Bonchev–Trinajstić information content (AvgIpc) is 3.04. The van der Waals surface area contributed by atoms with Gasteiger partial charge in [-0.2, -0.15) is 0 Å². The second-order valence-corrected chi connectivity index (χ2v) is 6.50. The fraction of sp³-hybridized carbons (Fsp3) is 0.167. The third-order valence-corrected chi connectivity index (χ3v) is 4.80. The number of rotatable bonds is 6. The molecule has 1 unspecified atom stereocenters. The first-order valence-corrected chi connectivity index (χ1v) is 9.02. The highest BCUT2D eigenvalue weighted by Crippen LogP contribution is 2.39. The van der Waals surface area contributed by atoms with Crippen LogP contribution < -0.4 is 5.73 Å². The summed E-state index contributed by atoms with van der Waals surface area (Å²) in [5, 5.41) is 1.24. The highest BCUT2D eigenvalue weighted by atomic mass is 14.7. The van der Waals surface area contributed by atoms with Crippen LogP contribution in [0.2, 0.25) is 0 Å². The van der Waals surface area contributed by atoms with Gasteiger partial charge in [-0.25, -0.2) is 0 Å². The lowest BCUT2D eigenvalue weighted by molar-refractivity contribution is 0.824. The smallest absolute Gasteiger partial charge is 0.0504 e. The molecular formula is C24H26N2. The second-order valence-electron chi connectivity index (χ2n) is 6.50. The molecule has 3 aromatic rings. The standard InChI is InChI=1S/C24H26N2/c1-4-6-10-18(5-2)21(16-25)23-20-15-17(3)13-14-22(20)26-24(23)19-11-8-7-9-12-19/h4-15,21,26H,1,16,25H2,2-3H3/b10-6-,18-5+. The maximum Gasteiger partial charge on any atom is 0.0504 e. The summed E-state index contributed by atoms with van der Waals surface area (Å²) in [6.45, 7) is 8.53. The minimum Gasteiger partial charge on any atom is -0.354 e. The molecule has 0 aliphatic rings. The van der Waals surface area contributed by atoms with E-state index in [1.165, 1.54) is 27.6 Å². The van der Waals surface area contributed by atoms with Gasteiger partial charge in [-0.15, -0.1) is 0 Å². The number of H-pyrrole nitrogens is 1. The maximum atomic E-state index is 6.27. The van der Waals surface area contributed by atoms with Crippen LogP contribution in [0.5, 0.6) is 0 Å². The van der Waals surface area contributed by atoms with Crippen LogP contribution in [0.1, 0.15) is 24.0 Å². The Morgan fingerprint density at radius 2 is 1.96 bits per heavy atom. The predicted molar refractivity (Wildman–Crippen MR) is 113 cm³/mol. The molecule has 3 N–H and O–H groups in total. The Morgan fingerprint density at radius 3 is 2.62 bits per heavy atom. The van der Waals surface area contributed by atoms with Gasteiger partial charge in [0.05, 0.1) is 5.69 Å². The summed E-state index contributed by atoms with van der Waals surface area (Å²) in [6.07, 6.45) is 8.02. The van der Waals surface area contributed by atoms with E-state index in [0.29, 0.717) is 6.54 Å². The number of nitrogens with two attached hydrogens (primary N) is 1. The van der Waals surface area contributed by atoms with Crippen molar-refractivity contribution in [2.75, 3.05) is 6.54 Å². The van der Waals surface area contributed by atoms with Gasteiger partial charge in [0.1, 0.15) is 0 Å². The molecule has 1 atom stereocenters. The third kappa shape index (κ3) is 3.42. The zero-order valence-electron chi connectivity index (χ0n) is 15.5. The summed E-state index contributed by atoms with van der Waals surface area (Å²) in [5.41, 5.74) is 13.5. The van der Waals surface area contributed by atoms with E-state index in [9.17, 15) is 0 Å². The molecule has 1 heterocycles. The summed E-state index contributed by atoms with van der Waals surface area (Å²) < 4.78 is 0. The van der Waals surface area contributed by atoms with E-state index < -0.39 is 0 Å². The molecule has 0 spiro atoms. The van der Waals surface area contributed by atoms with Gasteiger partial charge in [-0.3, -0.25) is 0 Å². The van der Waals surface area contributed by atoms with Crippen LogP contribution in [0, 0.1) is 6.92 Å². The number of aryl methyl sites for hydroxylation is 1. The first-order valence-electron chi connectivity index (χ1n) is 9.02. The van der Waals surface area contributed by atoms with Crippen molar-refractivity contribution >= 4 is 10.9 Å². The number of aromatic amines is 1. The fourth-order valence-electron chi connectivity index (χ4n) is 3.53. The van der Waals surface area contributed by atoms with Crippen LogP contribution in [0.4, 0.5) is 0 Å². The summed E-state index contributed by atoms with van der Waals surface area (Å²) >= 11 is 0. The van der Waals surface area contributed by atoms with Crippen molar-refractivity contribution in [1.29, 1.82) is 0 Å². The summed E-state index contributed by atoms with van der Waals surface area (Å²) in [4.78, 5) is 3.63. The Morgan fingerprint density at radius 1 is 1.19 bits per heavy atom. The molecule has 2 nitrogen and oxygen atoms in total. The molecule has 2 heteroatoms. The van der Waals surface area contributed by atoms with Crippen molar-refractivity contribution < 1.29 is 0 Å². The van der Waals surface area contributed by atoms with Crippen LogP contribution in [0.15, 0.2) is 85.0 Å². The maximum absolute atomic E-state index is 6.27. The normalized spacial score (nSPS) is 13.4. The Bertz CT molecular complexity index is 959. The van der Waals surface area contributed by atoms with Crippen LogP contribution in [0.25, 0.3) is 22.2 Å². The van der Waals surface area contributed by atoms with Crippen molar-refractivity contribution in [3.05, 3.63) is 96.1 Å². The van der Waals surface area contributed by atoms with Gasteiger partial charge in [0.25, 0.3) is 0 Å². The van der Waals surface area contributed by atoms with Gasteiger partial charge in [-0.05, 0) is 42.7 Å². The van der Waals surface area contributed by atoms with Gasteiger partial charge in [0.15, 0.2) is 0 Å². The quantitative estimate of drug-likeness (QED) is 0.540. The van der Waals surface area contributed by atoms with E-state index in [-0.39, 0.29) is 5.92 Å². The van der Waals surface area contributed by atoms with Crippen molar-refractivity contribution in [3.63, 3.8) is 0 Å². The van der Waals surface area contributed by atoms with Crippen LogP contribution in [-0.4, -0.2) is 11.5 Å². The molecule has 0 aliphatic carbocycles. The molecule has 0 radical (unpaired) electrons. The lowest BCUT2D eigenvalue weighted by Gasteiger charge is -2.19. The summed E-state index contributed by atoms with van der Waals surface area (Å²) in [7, 11) is 0. The van der Waals surface area contributed by atoms with Gasteiger partial charge >= 0.3 is 0 Å². The lowest BCUT2D eigenvalue weighted by Crippen LogP contribution is -2.14. The highest BCUT2D eigenvalue weighted by Gasteiger charge is 2.22. The van der Waals surface area contributed by atoms with Crippen molar-refractivity contribution in [3.8, 4) is 11.3 Å². The fourth-order valence-corrected chi connectivity index (χ4v) is 3.53. The minimum absolute atomic E-state index is 0.113. The first-order chi connectivity index (χ1) is 12.7. The highest BCUT2D eigenvalue weighted by molar-refractivity contribution is 5.92. The van der Waals surface area contributed by atoms with Crippen molar-refractivity contribution in [2.24, 2.45) is 5.73 Å². The van der Waals surface area contributed by atoms with Gasteiger partial charge in [0, 0.05) is 23.4 Å². The minimum atomic E-state index is 0.113. The van der Waals surface area contributed by atoms with Crippen molar-refractivity contribution in [1.82, 2.24) is 4.98 Å². The largest absolute Gasteiger partial charge is 0.354 e. The molecule has 0 fully saturated rings. The predicted octanol–water partition coefficient (Wildman–Crippen LogP) is 5.87. The van der Waals surface area contributed by atoms with Gasteiger partial charge in [0.2, 0.25) is 0 Å². The van der Waals surface area contributed by atoms with E-state index >= 15 is 0 Å². The molecule has 2 aromatic carbocycles. The number of allylic oxidation sites excluding steroid dienone is 4.